The van der Waals surface area contributed by atoms with E-state index in [0.717, 1.165) is 12.3 Å². The summed E-state index contributed by atoms with van der Waals surface area (Å²) in [6.45, 7) is 1.73. The van der Waals surface area contributed by atoms with Gasteiger partial charge < -0.3 is 10.6 Å². The molecule has 27 heavy (non-hydrogen) atoms. The fourth-order valence-electron chi connectivity index (χ4n) is 2.13. The molecule has 11 heteroatoms. The number of aryl methyl sites for hydroxylation is 1. The normalized spacial score (nSPS) is 11.2. The number of carbonyl (C=O) groups is 1. The standard InChI is InChI=1S/C16H14FN5O3S2/c1-9-20-14(15(23)21-10-3-4-13(17)19-7-10)16(26-9)22-11-5-12(8-18-6-11)27(2,24)25/h3-8,22H,1-2H3,(H,21,23). The molecule has 3 aromatic rings. The third-order valence-corrected chi connectivity index (χ3v) is 5.30. The predicted molar refractivity (Wildman–Crippen MR) is 99.6 cm³/mol. The minimum absolute atomic E-state index is 0.0529. The maximum Gasteiger partial charge on any atom is 0.277 e. The summed E-state index contributed by atoms with van der Waals surface area (Å²) in [6.07, 6.45) is 4.96. The Morgan fingerprint density at radius 2 is 1.96 bits per heavy atom. The number of halogens is 1. The number of amides is 1. The van der Waals surface area contributed by atoms with Crippen LogP contribution in [0.4, 0.5) is 20.8 Å². The Hall–Kier alpha value is -2.92. The Kier molecular flexibility index (Phi) is 5.15. The summed E-state index contributed by atoms with van der Waals surface area (Å²) in [5.74, 6) is -1.17. The molecule has 0 aliphatic heterocycles. The maximum absolute atomic E-state index is 12.9. The van der Waals surface area contributed by atoms with Gasteiger partial charge in [-0.1, -0.05) is 0 Å². The lowest BCUT2D eigenvalue weighted by Crippen LogP contribution is -2.14. The molecule has 8 nitrogen and oxygen atoms in total. The van der Waals surface area contributed by atoms with Crippen molar-refractivity contribution in [3.05, 3.63) is 53.4 Å². The first-order valence-electron chi connectivity index (χ1n) is 7.55. The topological polar surface area (TPSA) is 114 Å². The van der Waals surface area contributed by atoms with Gasteiger partial charge in [-0.2, -0.15) is 4.39 Å². The van der Waals surface area contributed by atoms with Gasteiger partial charge in [0, 0.05) is 12.5 Å². The molecule has 2 N–H and O–H groups in total. The molecular formula is C16H14FN5O3S2. The molecule has 0 unspecified atom stereocenters. The number of sulfone groups is 1. The Balaban J connectivity index is 1.86. The molecule has 1 amide bonds. The lowest BCUT2D eigenvalue weighted by Gasteiger charge is -2.08. The zero-order valence-electron chi connectivity index (χ0n) is 14.2. The molecule has 3 aromatic heterocycles. The first-order valence-corrected chi connectivity index (χ1v) is 10.3. The number of aromatic nitrogens is 3. The van der Waals surface area contributed by atoms with Crippen molar-refractivity contribution in [1.29, 1.82) is 0 Å². The van der Waals surface area contributed by atoms with Gasteiger partial charge in [-0.05, 0) is 25.1 Å². The zero-order valence-corrected chi connectivity index (χ0v) is 15.9. The van der Waals surface area contributed by atoms with E-state index in [0.29, 0.717) is 21.4 Å². The average molecular weight is 407 g/mol. The zero-order chi connectivity index (χ0) is 19.6. The van der Waals surface area contributed by atoms with E-state index < -0.39 is 21.7 Å². The van der Waals surface area contributed by atoms with Crippen LogP contribution >= 0.6 is 11.3 Å². The lowest BCUT2D eigenvalue weighted by atomic mass is 10.3. The molecule has 3 heterocycles. The van der Waals surface area contributed by atoms with Crippen LogP contribution < -0.4 is 10.6 Å². The van der Waals surface area contributed by atoms with Gasteiger partial charge in [0.25, 0.3) is 5.91 Å². The summed E-state index contributed by atoms with van der Waals surface area (Å²) in [6, 6.07) is 3.93. The summed E-state index contributed by atoms with van der Waals surface area (Å²) < 4.78 is 36.2. The van der Waals surface area contributed by atoms with Gasteiger partial charge in [0.15, 0.2) is 15.5 Å². The largest absolute Gasteiger partial charge is 0.344 e. The second kappa shape index (κ2) is 7.37. The molecule has 0 spiro atoms. The van der Waals surface area contributed by atoms with Crippen LogP contribution in [-0.2, 0) is 9.84 Å². The summed E-state index contributed by atoms with van der Waals surface area (Å²) >= 11 is 1.23. The second-order valence-electron chi connectivity index (χ2n) is 5.54. The summed E-state index contributed by atoms with van der Waals surface area (Å²) in [5.41, 5.74) is 0.837. The average Bonchev–Trinajstić information content (AvgIpc) is 2.97. The third-order valence-electron chi connectivity index (χ3n) is 3.33. The van der Waals surface area contributed by atoms with Gasteiger partial charge in [0.2, 0.25) is 5.95 Å². The highest BCUT2D eigenvalue weighted by atomic mass is 32.2. The fourth-order valence-corrected chi connectivity index (χ4v) is 3.56. The molecule has 0 atom stereocenters. The van der Waals surface area contributed by atoms with E-state index in [1.807, 2.05) is 0 Å². The minimum Gasteiger partial charge on any atom is -0.344 e. The van der Waals surface area contributed by atoms with Gasteiger partial charge in [0.1, 0.15) is 5.00 Å². The lowest BCUT2D eigenvalue weighted by molar-refractivity contribution is 0.102. The molecule has 0 aliphatic carbocycles. The fraction of sp³-hybridized carbons (Fsp3) is 0.125. The van der Waals surface area contributed by atoms with E-state index in [2.05, 4.69) is 25.6 Å². The number of hydrogen-bond donors (Lipinski definition) is 2. The van der Waals surface area contributed by atoms with Gasteiger partial charge in [-0.25, -0.2) is 18.4 Å². The van der Waals surface area contributed by atoms with Gasteiger partial charge in [-0.15, -0.1) is 11.3 Å². The van der Waals surface area contributed by atoms with Crippen molar-refractivity contribution >= 4 is 43.5 Å². The predicted octanol–water partition coefficient (Wildman–Crippen LogP) is 2.78. The van der Waals surface area contributed by atoms with Crippen molar-refractivity contribution in [2.75, 3.05) is 16.9 Å². The minimum atomic E-state index is -3.41. The molecule has 0 saturated heterocycles. The van der Waals surface area contributed by atoms with E-state index in [4.69, 9.17) is 0 Å². The van der Waals surface area contributed by atoms with E-state index in [-0.39, 0.29) is 10.6 Å². The van der Waals surface area contributed by atoms with Crippen LogP contribution in [0, 0.1) is 12.9 Å². The number of thiazole rings is 1. The molecule has 0 aliphatic rings. The van der Waals surface area contributed by atoms with Crippen LogP contribution in [0.15, 0.2) is 41.7 Å². The molecule has 3 rings (SSSR count). The Labute approximate surface area is 158 Å². The van der Waals surface area contributed by atoms with Gasteiger partial charge >= 0.3 is 0 Å². The molecule has 0 aromatic carbocycles. The van der Waals surface area contributed by atoms with Crippen LogP contribution in [0.1, 0.15) is 15.5 Å². The number of nitrogens with one attached hydrogen (secondary N) is 2. The Morgan fingerprint density at radius 3 is 2.63 bits per heavy atom. The van der Waals surface area contributed by atoms with Crippen LogP contribution in [-0.4, -0.2) is 35.5 Å². The molecule has 0 saturated carbocycles. The quantitative estimate of drug-likeness (QED) is 0.625. The van der Waals surface area contributed by atoms with Crippen molar-refractivity contribution in [2.24, 2.45) is 0 Å². The Bertz CT molecular complexity index is 1100. The second-order valence-corrected chi connectivity index (χ2v) is 8.76. The van der Waals surface area contributed by atoms with Gasteiger partial charge in [-0.3, -0.25) is 9.78 Å². The Morgan fingerprint density at radius 1 is 1.19 bits per heavy atom. The van der Waals surface area contributed by atoms with Crippen LogP contribution in [0.5, 0.6) is 0 Å². The van der Waals surface area contributed by atoms with Gasteiger partial charge in [0.05, 0.1) is 33.7 Å². The summed E-state index contributed by atoms with van der Waals surface area (Å²) in [5, 5.41) is 6.61. The first kappa shape index (κ1) is 18.9. The van der Waals surface area contributed by atoms with E-state index in [1.165, 1.54) is 42.1 Å². The summed E-state index contributed by atoms with van der Waals surface area (Å²) in [4.78, 5) is 24.1. The van der Waals surface area contributed by atoms with Crippen molar-refractivity contribution in [3.8, 4) is 0 Å². The molecule has 140 valence electrons. The van der Waals surface area contributed by atoms with Crippen molar-refractivity contribution in [3.63, 3.8) is 0 Å². The van der Waals surface area contributed by atoms with E-state index >= 15 is 0 Å². The highest BCUT2D eigenvalue weighted by Gasteiger charge is 2.18. The molecule has 0 fully saturated rings. The number of rotatable bonds is 5. The smallest absolute Gasteiger partial charge is 0.277 e. The number of pyridine rings is 2. The number of anilines is 3. The maximum atomic E-state index is 12.9. The van der Waals surface area contributed by atoms with Crippen LogP contribution in [0.2, 0.25) is 0 Å². The highest BCUT2D eigenvalue weighted by molar-refractivity contribution is 7.90. The molecular weight excluding hydrogens is 393 g/mol. The van der Waals surface area contributed by atoms with E-state index in [9.17, 15) is 17.6 Å². The monoisotopic (exact) mass is 407 g/mol. The third kappa shape index (κ3) is 4.63. The van der Waals surface area contributed by atoms with Crippen molar-refractivity contribution < 1.29 is 17.6 Å². The number of carbonyl (C=O) groups excluding carboxylic acids is 1. The SMILES string of the molecule is Cc1nc(C(=O)Nc2ccc(F)nc2)c(Nc2cncc(S(C)(=O)=O)c2)s1. The van der Waals surface area contributed by atoms with Crippen LogP contribution in [0.3, 0.4) is 0 Å². The molecule has 0 bridgehead atoms. The van der Waals surface area contributed by atoms with E-state index in [1.54, 1.807) is 6.92 Å². The number of nitrogens with zero attached hydrogens (tertiary/aromatic N) is 3. The number of hydrogen-bond acceptors (Lipinski definition) is 8. The van der Waals surface area contributed by atoms with Crippen molar-refractivity contribution in [1.82, 2.24) is 15.0 Å². The van der Waals surface area contributed by atoms with Crippen molar-refractivity contribution in [2.45, 2.75) is 11.8 Å². The van der Waals surface area contributed by atoms with Crippen LogP contribution in [0.25, 0.3) is 0 Å². The molecule has 0 radical (unpaired) electrons. The highest BCUT2D eigenvalue weighted by Crippen LogP contribution is 2.29. The summed E-state index contributed by atoms with van der Waals surface area (Å²) in [7, 11) is -3.41. The first-order chi connectivity index (χ1) is 12.7.